The molecule has 23 heavy (non-hydrogen) atoms. The molecule has 1 N–H and O–H groups in total. The molecule has 6 heteroatoms. The lowest BCUT2D eigenvalue weighted by atomic mass is 10.1. The highest BCUT2D eigenvalue weighted by Gasteiger charge is 2.15. The van der Waals surface area contributed by atoms with Gasteiger partial charge in [0.2, 0.25) is 0 Å². The maximum absolute atomic E-state index is 8.99. The number of hydrogen-bond donors (Lipinski definition) is 1. The summed E-state index contributed by atoms with van der Waals surface area (Å²) in [5.74, 6) is 0.940. The van der Waals surface area contributed by atoms with Crippen LogP contribution in [0.1, 0.15) is 5.56 Å². The van der Waals surface area contributed by atoms with Gasteiger partial charge < -0.3 is 9.64 Å². The Morgan fingerprint density at radius 3 is 2.87 bits per heavy atom. The summed E-state index contributed by atoms with van der Waals surface area (Å²) in [6, 6.07) is 11.7. The molecule has 6 nitrogen and oxygen atoms in total. The number of benzene rings is 1. The van der Waals surface area contributed by atoms with Crippen LogP contribution in [0.4, 0.5) is 5.82 Å². The zero-order chi connectivity index (χ0) is 15.6. The average Bonchev–Trinajstić information content (AvgIpc) is 3.05. The maximum atomic E-state index is 8.99. The molecule has 0 unspecified atom stereocenters. The van der Waals surface area contributed by atoms with Gasteiger partial charge in [-0.25, -0.2) is 4.98 Å². The summed E-state index contributed by atoms with van der Waals surface area (Å²) in [6.45, 7) is 3.16. The number of H-pyrrole nitrogens is 1. The second-order valence-corrected chi connectivity index (χ2v) is 5.45. The molecule has 0 radical (unpaired) electrons. The summed E-state index contributed by atoms with van der Waals surface area (Å²) in [5, 5.41) is 17.4. The SMILES string of the molecule is N#Cc1ccc2c(-c3ccnc(N4CCOCC4)c3)n[nH]c2c1. The molecule has 2 aromatic heterocycles. The lowest BCUT2D eigenvalue weighted by Gasteiger charge is -2.27. The van der Waals surface area contributed by atoms with Crippen LogP contribution in [-0.2, 0) is 4.74 Å². The van der Waals surface area contributed by atoms with Crippen molar-refractivity contribution in [3.63, 3.8) is 0 Å². The number of nitrogens with zero attached hydrogens (tertiary/aromatic N) is 4. The Bertz CT molecular complexity index is 889. The molecule has 3 aromatic rings. The molecule has 1 aromatic carbocycles. The lowest BCUT2D eigenvalue weighted by molar-refractivity contribution is 0.122. The van der Waals surface area contributed by atoms with Gasteiger partial charge in [0.15, 0.2) is 0 Å². The predicted molar refractivity (Wildman–Crippen MR) is 87.1 cm³/mol. The summed E-state index contributed by atoms with van der Waals surface area (Å²) in [6.07, 6.45) is 1.81. The van der Waals surface area contributed by atoms with Gasteiger partial charge in [0, 0.05) is 30.2 Å². The first-order chi connectivity index (χ1) is 11.3. The zero-order valence-electron chi connectivity index (χ0n) is 12.5. The second-order valence-electron chi connectivity index (χ2n) is 5.45. The molecular weight excluding hydrogens is 290 g/mol. The van der Waals surface area contributed by atoms with E-state index in [0.717, 1.165) is 54.3 Å². The molecule has 114 valence electrons. The molecule has 1 fully saturated rings. The molecule has 0 spiro atoms. The maximum Gasteiger partial charge on any atom is 0.129 e. The average molecular weight is 305 g/mol. The van der Waals surface area contributed by atoms with E-state index in [0.29, 0.717) is 5.56 Å². The molecule has 0 atom stereocenters. The van der Waals surface area contributed by atoms with E-state index >= 15 is 0 Å². The fraction of sp³-hybridized carbons (Fsp3) is 0.235. The van der Waals surface area contributed by atoms with Crippen LogP contribution in [0.2, 0.25) is 0 Å². The van der Waals surface area contributed by atoms with Gasteiger partial charge in [0.1, 0.15) is 11.5 Å². The van der Waals surface area contributed by atoms with Gasteiger partial charge in [-0.05, 0) is 30.3 Å². The summed E-state index contributed by atoms with van der Waals surface area (Å²) in [4.78, 5) is 6.69. The molecule has 0 aliphatic carbocycles. The number of fused-ring (bicyclic) bond motifs is 1. The van der Waals surface area contributed by atoms with E-state index in [2.05, 4.69) is 32.2 Å². The molecule has 0 amide bonds. The van der Waals surface area contributed by atoms with Crippen LogP contribution in [-0.4, -0.2) is 41.5 Å². The molecule has 1 aliphatic heterocycles. The number of ether oxygens (including phenoxy) is 1. The first-order valence-corrected chi connectivity index (χ1v) is 7.52. The summed E-state index contributed by atoms with van der Waals surface area (Å²) in [5.41, 5.74) is 3.37. The Morgan fingerprint density at radius 2 is 2.04 bits per heavy atom. The van der Waals surface area contributed by atoms with E-state index in [4.69, 9.17) is 10.00 Å². The Kier molecular flexibility index (Phi) is 3.41. The van der Waals surface area contributed by atoms with Gasteiger partial charge in [-0.2, -0.15) is 10.4 Å². The van der Waals surface area contributed by atoms with Crippen LogP contribution in [0.3, 0.4) is 0 Å². The van der Waals surface area contributed by atoms with E-state index in [1.165, 1.54) is 0 Å². The Labute approximate surface area is 133 Å². The van der Waals surface area contributed by atoms with Gasteiger partial charge in [0.05, 0.1) is 30.4 Å². The van der Waals surface area contributed by atoms with Crippen molar-refractivity contribution in [3.8, 4) is 17.3 Å². The highest BCUT2D eigenvalue weighted by molar-refractivity contribution is 5.93. The summed E-state index contributed by atoms with van der Waals surface area (Å²) >= 11 is 0. The molecule has 0 bridgehead atoms. The van der Waals surface area contributed by atoms with Crippen molar-refractivity contribution >= 4 is 16.7 Å². The topological polar surface area (TPSA) is 77.8 Å². The Balaban J connectivity index is 1.74. The standard InChI is InChI=1S/C17H15N5O/c18-11-12-1-2-14-15(9-12)20-21-17(14)13-3-4-19-16(10-13)22-5-7-23-8-6-22/h1-4,9-10H,5-8H2,(H,20,21). The number of pyridine rings is 1. The van der Waals surface area contributed by atoms with Crippen LogP contribution in [0.15, 0.2) is 36.5 Å². The van der Waals surface area contributed by atoms with Crippen molar-refractivity contribution in [2.75, 3.05) is 31.2 Å². The molecular formula is C17H15N5O. The molecule has 4 rings (SSSR count). The first kappa shape index (κ1) is 13.7. The number of aromatic amines is 1. The fourth-order valence-corrected chi connectivity index (χ4v) is 2.84. The zero-order valence-corrected chi connectivity index (χ0v) is 12.5. The number of aromatic nitrogens is 3. The highest BCUT2D eigenvalue weighted by Crippen LogP contribution is 2.28. The van der Waals surface area contributed by atoms with Gasteiger partial charge >= 0.3 is 0 Å². The van der Waals surface area contributed by atoms with Crippen molar-refractivity contribution in [1.29, 1.82) is 5.26 Å². The van der Waals surface area contributed by atoms with Gasteiger partial charge in [0.25, 0.3) is 0 Å². The Hall–Kier alpha value is -2.91. The highest BCUT2D eigenvalue weighted by atomic mass is 16.5. The fourth-order valence-electron chi connectivity index (χ4n) is 2.84. The van der Waals surface area contributed by atoms with E-state index < -0.39 is 0 Å². The van der Waals surface area contributed by atoms with Crippen LogP contribution < -0.4 is 4.90 Å². The number of morpholine rings is 1. The van der Waals surface area contributed by atoms with Gasteiger partial charge in [-0.3, -0.25) is 5.10 Å². The van der Waals surface area contributed by atoms with Crippen LogP contribution in [0.25, 0.3) is 22.2 Å². The van der Waals surface area contributed by atoms with Crippen LogP contribution in [0, 0.1) is 11.3 Å². The number of nitrogens with one attached hydrogen (secondary N) is 1. The van der Waals surface area contributed by atoms with E-state index in [1.807, 2.05) is 30.5 Å². The number of nitriles is 1. The van der Waals surface area contributed by atoms with Crippen molar-refractivity contribution < 1.29 is 4.74 Å². The third-order valence-corrected chi connectivity index (χ3v) is 4.05. The van der Waals surface area contributed by atoms with Crippen molar-refractivity contribution in [2.24, 2.45) is 0 Å². The number of hydrogen-bond acceptors (Lipinski definition) is 5. The third kappa shape index (κ3) is 2.51. The number of rotatable bonds is 2. The lowest BCUT2D eigenvalue weighted by Crippen LogP contribution is -2.36. The second kappa shape index (κ2) is 5.71. The smallest absolute Gasteiger partial charge is 0.129 e. The monoisotopic (exact) mass is 305 g/mol. The molecule has 0 saturated carbocycles. The van der Waals surface area contributed by atoms with Crippen molar-refractivity contribution in [3.05, 3.63) is 42.1 Å². The minimum Gasteiger partial charge on any atom is -0.378 e. The normalized spacial score (nSPS) is 14.8. The van der Waals surface area contributed by atoms with Gasteiger partial charge in [-0.1, -0.05) is 0 Å². The third-order valence-electron chi connectivity index (χ3n) is 4.05. The van der Waals surface area contributed by atoms with E-state index in [9.17, 15) is 0 Å². The Morgan fingerprint density at radius 1 is 1.17 bits per heavy atom. The van der Waals surface area contributed by atoms with E-state index in [-0.39, 0.29) is 0 Å². The molecule has 3 heterocycles. The first-order valence-electron chi connectivity index (χ1n) is 7.52. The minimum absolute atomic E-state index is 0.622. The summed E-state index contributed by atoms with van der Waals surface area (Å²) in [7, 11) is 0. The largest absolute Gasteiger partial charge is 0.378 e. The molecule has 1 aliphatic rings. The quantitative estimate of drug-likeness (QED) is 0.786. The van der Waals surface area contributed by atoms with Crippen LogP contribution >= 0.6 is 0 Å². The summed E-state index contributed by atoms with van der Waals surface area (Å²) < 4.78 is 5.39. The molecule has 1 saturated heterocycles. The number of anilines is 1. The van der Waals surface area contributed by atoms with Crippen molar-refractivity contribution in [2.45, 2.75) is 0 Å². The van der Waals surface area contributed by atoms with E-state index in [1.54, 1.807) is 0 Å². The predicted octanol–water partition coefficient (Wildman–Crippen LogP) is 2.33. The van der Waals surface area contributed by atoms with Crippen LogP contribution in [0.5, 0.6) is 0 Å². The van der Waals surface area contributed by atoms with Gasteiger partial charge in [-0.15, -0.1) is 0 Å². The van der Waals surface area contributed by atoms with Crippen molar-refractivity contribution in [1.82, 2.24) is 15.2 Å². The minimum atomic E-state index is 0.622.